The van der Waals surface area contributed by atoms with Gasteiger partial charge in [0.15, 0.2) is 0 Å². The Morgan fingerprint density at radius 1 is 1.33 bits per heavy atom. The molecule has 0 amide bonds. The van der Waals surface area contributed by atoms with Crippen LogP contribution in [0.15, 0.2) is 35.7 Å². The molecule has 0 atom stereocenters. The first kappa shape index (κ1) is 12.7. The van der Waals surface area contributed by atoms with E-state index in [0.717, 1.165) is 10.9 Å². The van der Waals surface area contributed by atoms with E-state index in [-0.39, 0.29) is 12.2 Å². The van der Waals surface area contributed by atoms with Gasteiger partial charge in [-0.25, -0.2) is 9.18 Å². The highest BCUT2D eigenvalue weighted by Gasteiger charge is 2.11. The number of thiophene rings is 1. The van der Waals surface area contributed by atoms with Gasteiger partial charge < -0.3 is 9.84 Å². The monoisotopic (exact) mass is 266 g/mol. The number of carboxylic acids is 1. The fraction of sp³-hybridized carbons (Fsp3) is 0.154. The Kier molecular flexibility index (Phi) is 4.07. The fourth-order valence-corrected chi connectivity index (χ4v) is 2.19. The second kappa shape index (κ2) is 5.75. The molecule has 0 aliphatic heterocycles. The number of benzene rings is 1. The summed E-state index contributed by atoms with van der Waals surface area (Å²) in [6.45, 7) is 0.477. The van der Waals surface area contributed by atoms with E-state index in [0.29, 0.717) is 12.2 Å². The quantitative estimate of drug-likeness (QED) is 0.903. The van der Waals surface area contributed by atoms with Crippen molar-refractivity contribution >= 4 is 17.3 Å². The second-order valence-corrected chi connectivity index (χ2v) is 4.71. The Balaban J connectivity index is 2.03. The normalized spacial score (nSPS) is 10.5. The summed E-state index contributed by atoms with van der Waals surface area (Å²) in [4.78, 5) is 12.0. The predicted octanol–water partition coefficient (Wildman–Crippen LogP) is 3.30. The molecule has 1 heterocycles. The molecule has 3 nitrogen and oxygen atoms in total. The van der Waals surface area contributed by atoms with Crippen molar-refractivity contribution in [3.05, 3.63) is 57.5 Å². The Morgan fingerprint density at radius 2 is 2.17 bits per heavy atom. The van der Waals surface area contributed by atoms with Gasteiger partial charge in [0, 0.05) is 4.88 Å². The van der Waals surface area contributed by atoms with Gasteiger partial charge in [0.1, 0.15) is 5.82 Å². The molecule has 0 radical (unpaired) electrons. The number of hydrogen-bond acceptors (Lipinski definition) is 3. The largest absolute Gasteiger partial charge is 0.478 e. The minimum atomic E-state index is -1.08. The van der Waals surface area contributed by atoms with Crippen molar-refractivity contribution in [3.8, 4) is 0 Å². The Hall–Kier alpha value is -1.72. The lowest BCUT2D eigenvalue weighted by Gasteiger charge is -2.07. The molecule has 2 aromatic rings. The van der Waals surface area contributed by atoms with Crippen LogP contribution in [0.25, 0.3) is 0 Å². The molecule has 0 unspecified atom stereocenters. The van der Waals surface area contributed by atoms with Crippen LogP contribution in [0.4, 0.5) is 4.39 Å². The van der Waals surface area contributed by atoms with Crippen LogP contribution < -0.4 is 0 Å². The number of aromatic carboxylic acids is 1. The third-order valence-corrected chi connectivity index (χ3v) is 3.23. The third-order valence-electron chi connectivity index (χ3n) is 2.38. The average Bonchev–Trinajstić information content (AvgIpc) is 2.82. The molecule has 0 spiro atoms. The molecule has 0 aliphatic rings. The topological polar surface area (TPSA) is 46.5 Å². The minimum Gasteiger partial charge on any atom is -0.478 e. The van der Waals surface area contributed by atoms with E-state index in [1.165, 1.54) is 12.1 Å². The summed E-state index contributed by atoms with van der Waals surface area (Å²) in [5.74, 6) is -1.54. The number of hydrogen-bond donors (Lipinski definition) is 1. The number of rotatable bonds is 5. The SMILES string of the molecule is O=C(O)c1ccc(F)cc1COCc1cccs1. The molecular weight excluding hydrogens is 255 g/mol. The van der Waals surface area contributed by atoms with E-state index in [4.69, 9.17) is 9.84 Å². The summed E-state index contributed by atoms with van der Waals surface area (Å²) in [5.41, 5.74) is 0.418. The summed E-state index contributed by atoms with van der Waals surface area (Å²) in [6, 6.07) is 7.41. The van der Waals surface area contributed by atoms with E-state index in [2.05, 4.69) is 0 Å². The molecule has 1 aromatic heterocycles. The van der Waals surface area contributed by atoms with Gasteiger partial charge in [-0.3, -0.25) is 0 Å². The molecule has 0 aliphatic carbocycles. The van der Waals surface area contributed by atoms with E-state index < -0.39 is 11.8 Å². The van der Waals surface area contributed by atoms with Crippen molar-refractivity contribution in [2.75, 3.05) is 0 Å². The standard InChI is InChI=1S/C13H11FO3S/c14-10-3-4-12(13(15)16)9(6-10)7-17-8-11-2-1-5-18-11/h1-6H,7-8H2,(H,15,16). The van der Waals surface area contributed by atoms with E-state index in [1.54, 1.807) is 11.3 Å². The Labute approximate surface area is 107 Å². The van der Waals surface area contributed by atoms with Crippen LogP contribution in [-0.2, 0) is 18.0 Å². The number of carboxylic acid groups (broad SMARTS) is 1. The van der Waals surface area contributed by atoms with Crippen molar-refractivity contribution in [1.82, 2.24) is 0 Å². The van der Waals surface area contributed by atoms with Crippen LogP contribution in [0, 0.1) is 5.82 Å². The molecule has 18 heavy (non-hydrogen) atoms. The van der Waals surface area contributed by atoms with Gasteiger partial charge in [-0.05, 0) is 35.2 Å². The van der Waals surface area contributed by atoms with E-state index >= 15 is 0 Å². The number of halogens is 1. The molecule has 2 rings (SSSR count). The van der Waals surface area contributed by atoms with Crippen LogP contribution in [0.5, 0.6) is 0 Å². The van der Waals surface area contributed by atoms with Crippen molar-refractivity contribution in [2.45, 2.75) is 13.2 Å². The average molecular weight is 266 g/mol. The molecule has 0 fully saturated rings. The van der Waals surface area contributed by atoms with Crippen molar-refractivity contribution in [2.24, 2.45) is 0 Å². The summed E-state index contributed by atoms with van der Waals surface area (Å²) in [6.07, 6.45) is 0. The van der Waals surface area contributed by atoms with E-state index in [1.807, 2.05) is 17.5 Å². The lowest BCUT2D eigenvalue weighted by atomic mass is 10.1. The molecular formula is C13H11FO3S. The first-order valence-electron chi connectivity index (χ1n) is 5.28. The first-order valence-corrected chi connectivity index (χ1v) is 6.16. The Bertz CT molecular complexity index is 537. The molecule has 1 N–H and O–H groups in total. The van der Waals surface area contributed by atoms with Gasteiger partial charge in [0.05, 0.1) is 18.8 Å². The van der Waals surface area contributed by atoms with Crippen LogP contribution in [0.3, 0.4) is 0 Å². The van der Waals surface area contributed by atoms with Gasteiger partial charge in [0.2, 0.25) is 0 Å². The van der Waals surface area contributed by atoms with Crippen molar-refractivity contribution in [3.63, 3.8) is 0 Å². The summed E-state index contributed by atoms with van der Waals surface area (Å²) in [7, 11) is 0. The summed E-state index contributed by atoms with van der Waals surface area (Å²) < 4.78 is 18.5. The van der Waals surface area contributed by atoms with Crippen LogP contribution in [-0.4, -0.2) is 11.1 Å². The van der Waals surface area contributed by atoms with Crippen molar-refractivity contribution in [1.29, 1.82) is 0 Å². The van der Waals surface area contributed by atoms with Gasteiger partial charge in [-0.1, -0.05) is 6.07 Å². The maximum atomic E-state index is 13.1. The summed E-state index contributed by atoms with van der Waals surface area (Å²) >= 11 is 1.56. The van der Waals surface area contributed by atoms with Gasteiger partial charge in [-0.2, -0.15) is 0 Å². The summed E-state index contributed by atoms with van der Waals surface area (Å²) in [5, 5.41) is 10.9. The zero-order valence-electron chi connectivity index (χ0n) is 9.43. The molecule has 1 aromatic carbocycles. The zero-order valence-corrected chi connectivity index (χ0v) is 10.2. The first-order chi connectivity index (χ1) is 8.66. The van der Waals surface area contributed by atoms with Crippen LogP contribution in [0.2, 0.25) is 0 Å². The number of carbonyl (C=O) groups is 1. The molecule has 0 saturated heterocycles. The second-order valence-electron chi connectivity index (χ2n) is 3.68. The van der Waals surface area contributed by atoms with Gasteiger partial charge >= 0.3 is 5.97 Å². The smallest absolute Gasteiger partial charge is 0.336 e. The highest BCUT2D eigenvalue weighted by atomic mass is 32.1. The zero-order chi connectivity index (χ0) is 13.0. The third kappa shape index (κ3) is 3.15. The fourth-order valence-electron chi connectivity index (χ4n) is 1.55. The maximum absolute atomic E-state index is 13.1. The Morgan fingerprint density at radius 3 is 2.83 bits per heavy atom. The molecule has 0 bridgehead atoms. The van der Waals surface area contributed by atoms with Gasteiger partial charge in [0.25, 0.3) is 0 Å². The van der Waals surface area contributed by atoms with Crippen LogP contribution >= 0.6 is 11.3 Å². The van der Waals surface area contributed by atoms with Gasteiger partial charge in [-0.15, -0.1) is 11.3 Å². The lowest BCUT2D eigenvalue weighted by Crippen LogP contribution is -2.04. The lowest BCUT2D eigenvalue weighted by molar-refractivity contribution is 0.0684. The highest BCUT2D eigenvalue weighted by Crippen LogP contribution is 2.15. The molecule has 5 heteroatoms. The maximum Gasteiger partial charge on any atom is 0.336 e. The predicted molar refractivity (Wildman–Crippen MR) is 66.2 cm³/mol. The molecule has 0 saturated carbocycles. The minimum absolute atomic E-state index is 0.0718. The molecule has 94 valence electrons. The van der Waals surface area contributed by atoms with Crippen molar-refractivity contribution < 1.29 is 19.0 Å². The number of ether oxygens (including phenoxy) is 1. The van der Waals surface area contributed by atoms with E-state index in [9.17, 15) is 9.18 Å². The highest BCUT2D eigenvalue weighted by molar-refractivity contribution is 7.09. The van der Waals surface area contributed by atoms with Crippen LogP contribution in [0.1, 0.15) is 20.8 Å².